The van der Waals surface area contributed by atoms with Crippen molar-refractivity contribution >= 4 is 17.7 Å². The van der Waals surface area contributed by atoms with E-state index < -0.39 is 66.4 Å². The van der Waals surface area contributed by atoms with Gasteiger partial charge in [0.25, 0.3) is 5.92 Å². The Kier molecular flexibility index (Phi) is 6.23. The van der Waals surface area contributed by atoms with Crippen molar-refractivity contribution in [3.05, 3.63) is 34.4 Å². The molecule has 4 rings (SSSR count). The first-order valence-electron chi connectivity index (χ1n) is 11.2. The molecule has 3 atom stereocenters. The van der Waals surface area contributed by atoms with Crippen LogP contribution < -0.4 is 5.32 Å². The van der Waals surface area contributed by atoms with Gasteiger partial charge >= 0.3 is 6.18 Å². The third kappa shape index (κ3) is 4.81. The number of hydrogen-bond donors (Lipinski definition) is 1. The molecule has 3 aliphatic rings. The predicted molar refractivity (Wildman–Crippen MR) is 110 cm³/mol. The molecule has 0 unspecified atom stereocenters. The smallest absolute Gasteiger partial charge is 0.344 e. The molecule has 0 aliphatic carbocycles. The van der Waals surface area contributed by atoms with Crippen molar-refractivity contribution < 1.29 is 36.3 Å². The van der Waals surface area contributed by atoms with Crippen molar-refractivity contribution in [3.63, 3.8) is 0 Å². The average molecular weight is 498 g/mol. The van der Waals surface area contributed by atoms with Crippen molar-refractivity contribution in [3.8, 4) is 6.07 Å². The molecule has 7 nitrogen and oxygen atoms in total. The Bertz CT molecular complexity index is 1110. The molecule has 0 spiro atoms. The summed E-state index contributed by atoms with van der Waals surface area (Å²) in [5.74, 6) is -5.91. The summed E-state index contributed by atoms with van der Waals surface area (Å²) in [6.07, 6.45) is -5.28. The van der Waals surface area contributed by atoms with Gasteiger partial charge in [0.15, 0.2) is 0 Å². The van der Waals surface area contributed by atoms with Gasteiger partial charge in [-0.15, -0.1) is 0 Å². The van der Waals surface area contributed by atoms with Crippen LogP contribution >= 0.6 is 0 Å². The van der Waals surface area contributed by atoms with Gasteiger partial charge in [-0.1, -0.05) is 6.92 Å². The number of hydrogen-bond acceptors (Lipinski definition) is 4. The molecule has 0 bridgehead atoms. The molecule has 1 aromatic rings. The zero-order valence-corrected chi connectivity index (χ0v) is 18.8. The minimum absolute atomic E-state index is 0.0194. The van der Waals surface area contributed by atoms with Crippen molar-refractivity contribution in [2.45, 2.75) is 69.9 Å². The lowest BCUT2D eigenvalue weighted by molar-refractivity contribution is -0.137. The van der Waals surface area contributed by atoms with Crippen molar-refractivity contribution in [1.82, 2.24) is 15.1 Å². The molecule has 3 amide bonds. The molecule has 3 heterocycles. The third-order valence-corrected chi connectivity index (χ3v) is 6.83. The van der Waals surface area contributed by atoms with Crippen LogP contribution in [0.5, 0.6) is 0 Å². The Morgan fingerprint density at radius 3 is 2.60 bits per heavy atom. The van der Waals surface area contributed by atoms with Crippen LogP contribution in [0.2, 0.25) is 0 Å². The number of aryl methyl sites for hydroxylation is 1. The Morgan fingerprint density at radius 2 is 1.97 bits per heavy atom. The summed E-state index contributed by atoms with van der Waals surface area (Å²) in [7, 11) is 0. The number of nitriles is 1. The van der Waals surface area contributed by atoms with Gasteiger partial charge in [-0.05, 0) is 41.7 Å². The number of nitrogens with one attached hydrogen (secondary N) is 1. The maximum atomic E-state index is 13.7. The van der Waals surface area contributed by atoms with E-state index in [-0.39, 0.29) is 25.9 Å². The highest BCUT2D eigenvalue weighted by molar-refractivity contribution is 5.94. The standard InChI is InChI=1S/C23H23F5N4O3/c1-2-12-3-15(23(26,27)28)4-14-9-31(10-17(12)14)19(33)6-13-5-18(30-20(13)34)21(35)32-11-22(24,25)7-16(32)8-29/h3-4,13,16,18H,2,5-7,9-11H2,1H3,(H,30,34)/t13-,16-,18-/m0/s1. The van der Waals surface area contributed by atoms with Crippen molar-refractivity contribution in [2.24, 2.45) is 5.92 Å². The van der Waals surface area contributed by atoms with Gasteiger partial charge in [0.1, 0.15) is 12.1 Å². The summed E-state index contributed by atoms with van der Waals surface area (Å²) in [4.78, 5) is 40.2. The molecule has 2 saturated heterocycles. The number of carbonyl (C=O) groups excluding carboxylic acids is 3. The second kappa shape index (κ2) is 8.77. The van der Waals surface area contributed by atoms with E-state index in [2.05, 4.69) is 5.32 Å². The second-order valence-corrected chi connectivity index (χ2v) is 9.24. The van der Waals surface area contributed by atoms with Crippen LogP contribution in [-0.4, -0.2) is 52.1 Å². The number of likely N-dealkylation sites (tertiary alicyclic amines) is 1. The zero-order valence-electron chi connectivity index (χ0n) is 18.8. The van der Waals surface area contributed by atoms with E-state index >= 15 is 0 Å². The van der Waals surface area contributed by atoms with Crippen LogP contribution in [0.4, 0.5) is 22.0 Å². The fraction of sp³-hybridized carbons (Fsp3) is 0.565. The fourth-order valence-electron chi connectivity index (χ4n) is 5.03. The number of nitrogens with zero attached hydrogens (tertiary/aromatic N) is 3. The summed E-state index contributed by atoms with van der Waals surface area (Å²) in [6.45, 7) is 0.923. The number of carbonyl (C=O) groups is 3. The van der Waals surface area contributed by atoms with E-state index in [0.29, 0.717) is 23.1 Å². The van der Waals surface area contributed by atoms with E-state index in [0.717, 1.165) is 17.0 Å². The van der Waals surface area contributed by atoms with E-state index in [1.165, 1.54) is 4.90 Å². The minimum atomic E-state index is -4.51. The summed E-state index contributed by atoms with van der Waals surface area (Å²) in [6, 6.07) is 1.38. The van der Waals surface area contributed by atoms with Crippen molar-refractivity contribution in [2.75, 3.05) is 6.54 Å². The Labute approximate surface area is 197 Å². The quantitative estimate of drug-likeness (QED) is 0.647. The van der Waals surface area contributed by atoms with E-state index in [9.17, 15) is 36.3 Å². The molecule has 3 aliphatic heterocycles. The summed E-state index contributed by atoms with van der Waals surface area (Å²) >= 11 is 0. The number of benzene rings is 1. The van der Waals surface area contributed by atoms with Gasteiger partial charge in [0, 0.05) is 31.8 Å². The van der Waals surface area contributed by atoms with E-state index in [4.69, 9.17) is 5.26 Å². The van der Waals surface area contributed by atoms with Gasteiger partial charge in [0.2, 0.25) is 17.7 Å². The van der Waals surface area contributed by atoms with E-state index in [1.807, 2.05) is 0 Å². The van der Waals surface area contributed by atoms with Gasteiger partial charge in [-0.3, -0.25) is 14.4 Å². The van der Waals surface area contributed by atoms with Gasteiger partial charge in [-0.25, -0.2) is 8.78 Å². The molecule has 1 aromatic carbocycles. The lowest BCUT2D eigenvalue weighted by Gasteiger charge is -2.22. The summed E-state index contributed by atoms with van der Waals surface area (Å²) < 4.78 is 67.1. The topological polar surface area (TPSA) is 93.5 Å². The molecule has 12 heteroatoms. The number of fused-ring (bicyclic) bond motifs is 1. The Morgan fingerprint density at radius 1 is 1.26 bits per heavy atom. The largest absolute Gasteiger partial charge is 0.416 e. The van der Waals surface area contributed by atoms with Gasteiger partial charge in [-0.2, -0.15) is 18.4 Å². The average Bonchev–Trinajstić information content (AvgIpc) is 3.46. The Balaban J connectivity index is 1.41. The SMILES string of the molecule is CCc1cc(C(F)(F)F)cc2c1CN(C(=O)C[C@@H]1C[C@@H](C(=O)N3CC(F)(F)C[C@H]3C#N)NC1=O)C2. The molecule has 188 valence electrons. The first-order chi connectivity index (χ1) is 16.3. The first kappa shape index (κ1) is 24.9. The third-order valence-electron chi connectivity index (χ3n) is 6.83. The zero-order chi connectivity index (χ0) is 25.7. The molecule has 0 saturated carbocycles. The van der Waals surface area contributed by atoms with Gasteiger partial charge in [0.05, 0.1) is 18.2 Å². The molecule has 2 fully saturated rings. The highest BCUT2D eigenvalue weighted by Gasteiger charge is 2.50. The molecular weight excluding hydrogens is 475 g/mol. The van der Waals surface area contributed by atoms with Crippen LogP contribution in [0.25, 0.3) is 0 Å². The maximum absolute atomic E-state index is 13.7. The van der Waals surface area contributed by atoms with Crippen LogP contribution in [-0.2, 0) is 40.1 Å². The fourth-order valence-corrected chi connectivity index (χ4v) is 5.03. The maximum Gasteiger partial charge on any atom is 0.416 e. The number of amides is 3. The predicted octanol–water partition coefficient (Wildman–Crippen LogP) is 2.76. The molecule has 1 N–H and O–H groups in total. The number of rotatable bonds is 4. The van der Waals surface area contributed by atoms with E-state index in [1.54, 1.807) is 13.0 Å². The lowest BCUT2D eigenvalue weighted by atomic mass is 9.98. The highest BCUT2D eigenvalue weighted by atomic mass is 19.4. The molecule has 35 heavy (non-hydrogen) atoms. The number of halogens is 5. The molecular formula is C23H23F5N4O3. The Hall–Kier alpha value is -3.23. The monoisotopic (exact) mass is 498 g/mol. The molecule has 0 aromatic heterocycles. The highest BCUT2D eigenvalue weighted by Crippen LogP contribution is 2.37. The van der Waals surface area contributed by atoms with Crippen LogP contribution in [0.1, 0.15) is 48.4 Å². The van der Waals surface area contributed by atoms with Crippen LogP contribution in [0.3, 0.4) is 0 Å². The summed E-state index contributed by atoms with van der Waals surface area (Å²) in [5, 5.41) is 11.5. The van der Waals surface area contributed by atoms with Crippen LogP contribution in [0, 0.1) is 17.2 Å². The number of alkyl halides is 5. The van der Waals surface area contributed by atoms with Crippen LogP contribution in [0.15, 0.2) is 12.1 Å². The normalized spacial score (nSPS) is 25.4. The van der Waals surface area contributed by atoms with Crippen molar-refractivity contribution in [1.29, 1.82) is 5.26 Å². The second-order valence-electron chi connectivity index (χ2n) is 9.24. The lowest BCUT2D eigenvalue weighted by Crippen LogP contribution is -2.46. The summed E-state index contributed by atoms with van der Waals surface area (Å²) in [5.41, 5.74) is 0.799. The van der Waals surface area contributed by atoms with Gasteiger partial charge < -0.3 is 15.1 Å². The minimum Gasteiger partial charge on any atom is -0.344 e. The first-order valence-corrected chi connectivity index (χ1v) is 11.2. The molecule has 0 radical (unpaired) electrons.